The molecular weight excluding hydrogens is 284 g/mol. The molecule has 1 aromatic carbocycles. The van der Waals surface area contributed by atoms with E-state index in [9.17, 15) is 19.8 Å². The molecule has 1 heterocycles. The number of nitrogens with one attached hydrogen (secondary N) is 1. The number of aliphatic hydroxyl groups excluding tert-OH is 2. The van der Waals surface area contributed by atoms with E-state index in [0.29, 0.717) is 24.1 Å². The zero-order chi connectivity index (χ0) is 15.7. The van der Waals surface area contributed by atoms with Gasteiger partial charge in [-0.05, 0) is 18.4 Å². The highest BCUT2D eigenvalue weighted by Gasteiger charge is 2.50. The SMILES string of the molecule is O=C1C(=O)C(c2cn[nH]c2C(O)CCc2ccccc2)C1O. The summed E-state index contributed by atoms with van der Waals surface area (Å²) < 4.78 is 0. The summed E-state index contributed by atoms with van der Waals surface area (Å²) in [4.78, 5) is 22.8. The lowest BCUT2D eigenvalue weighted by Gasteiger charge is -2.29. The van der Waals surface area contributed by atoms with Crippen LogP contribution in [-0.2, 0) is 16.0 Å². The van der Waals surface area contributed by atoms with Crippen molar-refractivity contribution >= 4 is 11.6 Å². The number of aromatic nitrogens is 2. The van der Waals surface area contributed by atoms with E-state index < -0.39 is 29.7 Å². The van der Waals surface area contributed by atoms with Gasteiger partial charge in [0.1, 0.15) is 6.10 Å². The molecule has 6 nitrogen and oxygen atoms in total. The van der Waals surface area contributed by atoms with Gasteiger partial charge in [0.25, 0.3) is 0 Å². The van der Waals surface area contributed by atoms with Crippen LogP contribution < -0.4 is 0 Å². The summed E-state index contributed by atoms with van der Waals surface area (Å²) in [6.45, 7) is 0. The minimum atomic E-state index is -1.33. The van der Waals surface area contributed by atoms with Crippen molar-refractivity contribution in [1.82, 2.24) is 10.2 Å². The number of carbonyl (C=O) groups excluding carboxylic acids is 2. The van der Waals surface area contributed by atoms with E-state index in [1.54, 1.807) is 0 Å². The first-order valence-corrected chi connectivity index (χ1v) is 7.11. The number of nitrogens with zero attached hydrogens (tertiary/aromatic N) is 1. The standard InChI is InChI=1S/C16H16N2O4/c19-11(7-6-9-4-2-1-3-5-9)13-10(8-17-18-13)12-14(20)16(22)15(12)21/h1-5,8,11-12,14,19-20H,6-7H2,(H,17,18). The van der Waals surface area contributed by atoms with Gasteiger partial charge >= 0.3 is 0 Å². The van der Waals surface area contributed by atoms with Crippen LogP contribution in [0, 0.1) is 0 Å². The maximum absolute atomic E-state index is 11.6. The number of hydrogen-bond acceptors (Lipinski definition) is 5. The lowest BCUT2D eigenvalue weighted by molar-refractivity contribution is -0.154. The molecule has 22 heavy (non-hydrogen) atoms. The molecule has 0 spiro atoms. The summed E-state index contributed by atoms with van der Waals surface area (Å²) in [5.74, 6) is -2.33. The molecule has 114 valence electrons. The van der Waals surface area contributed by atoms with E-state index in [2.05, 4.69) is 10.2 Å². The number of H-pyrrole nitrogens is 1. The summed E-state index contributed by atoms with van der Waals surface area (Å²) in [5, 5.41) is 26.5. The fourth-order valence-corrected chi connectivity index (χ4v) is 2.72. The van der Waals surface area contributed by atoms with E-state index in [4.69, 9.17) is 0 Å². The minimum Gasteiger partial charge on any atom is -0.387 e. The molecule has 3 unspecified atom stereocenters. The van der Waals surface area contributed by atoms with Gasteiger partial charge in [-0.3, -0.25) is 14.7 Å². The van der Waals surface area contributed by atoms with Crippen molar-refractivity contribution in [1.29, 1.82) is 0 Å². The first-order chi connectivity index (χ1) is 10.6. The summed E-state index contributed by atoms with van der Waals surface area (Å²) in [6.07, 6.45) is 0.336. The van der Waals surface area contributed by atoms with Crippen LogP contribution in [0.3, 0.4) is 0 Å². The summed E-state index contributed by atoms with van der Waals surface area (Å²) in [5.41, 5.74) is 1.89. The summed E-state index contributed by atoms with van der Waals surface area (Å²) >= 11 is 0. The molecule has 3 atom stereocenters. The Morgan fingerprint density at radius 3 is 2.59 bits per heavy atom. The predicted molar refractivity (Wildman–Crippen MR) is 77.1 cm³/mol. The average molecular weight is 300 g/mol. The lowest BCUT2D eigenvalue weighted by Crippen LogP contribution is -2.51. The third-order valence-electron chi connectivity index (χ3n) is 4.03. The van der Waals surface area contributed by atoms with Crippen LogP contribution in [0.15, 0.2) is 36.5 Å². The Labute approximate surface area is 126 Å². The van der Waals surface area contributed by atoms with Crippen molar-refractivity contribution in [2.45, 2.75) is 31.0 Å². The first-order valence-electron chi connectivity index (χ1n) is 7.11. The van der Waals surface area contributed by atoms with Gasteiger partial charge in [-0.2, -0.15) is 5.10 Å². The van der Waals surface area contributed by atoms with E-state index in [0.717, 1.165) is 5.56 Å². The maximum Gasteiger partial charge on any atom is 0.228 e. The number of hydrogen-bond donors (Lipinski definition) is 3. The topological polar surface area (TPSA) is 103 Å². The molecule has 0 bridgehead atoms. The quantitative estimate of drug-likeness (QED) is 0.704. The Bertz CT molecular complexity index is 695. The third-order valence-corrected chi connectivity index (χ3v) is 4.03. The molecule has 1 fully saturated rings. The molecule has 0 aliphatic heterocycles. The van der Waals surface area contributed by atoms with Gasteiger partial charge in [0.2, 0.25) is 11.6 Å². The van der Waals surface area contributed by atoms with Gasteiger partial charge in [0.05, 0.1) is 23.9 Å². The zero-order valence-electron chi connectivity index (χ0n) is 11.8. The van der Waals surface area contributed by atoms with Crippen molar-refractivity contribution in [2.24, 2.45) is 0 Å². The number of carbonyl (C=O) groups is 2. The van der Waals surface area contributed by atoms with Crippen LogP contribution in [0.2, 0.25) is 0 Å². The minimum absolute atomic E-state index is 0.390. The maximum atomic E-state index is 11.6. The van der Waals surface area contributed by atoms with Crippen molar-refractivity contribution in [2.75, 3.05) is 0 Å². The zero-order valence-corrected chi connectivity index (χ0v) is 11.8. The first kappa shape index (κ1) is 14.6. The van der Waals surface area contributed by atoms with Gasteiger partial charge in [0, 0.05) is 5.56 Å². The third kappa shape index (κ3) is 2.47. The molecule has 2 aromatic rings. The second-order valence-corrected chi connectivity index (χ2v) is 5.43. The molecule has 1 aromatic heterocycles. The van der Waals surface area contributed by atoms with Crippen LogP contribution in [0.1, 0.15) is 35.3 Å². The van der Waals surface area contributed by atoms with E-state index in [1.165, 1.54) is 6.20 Å². The van der Waals surface area contributed by atoms with Crippen molar-refractivity contribution < 1.29 is 19.8 Å². The predicted octanol–water partition coefficient (Wildman–Crippen LogP) is 0.672. The normalized spacial score (nSPS) is 22.5. The molecular formula is C16H16N2O4. The van der Waals surface area contributed by atoms with Crippen LogP contribution in [-0.4, -0.2) is 38.1 Å². The monoisotopic (exact) mass is 300 g/mol. The molecule has 3 N–H and O–H groups in total. The summed E-state index contributed by atoms with van der Waals surface area (Å²) in [6, 6.07) is 9.72. The fraction of sp³-hybridized carbons (Fsp3) is 0.312. The number of Topliss-reactive ketones (excluding diaryl/α,β-unsaturated/α-hetero) is 2. The van der Waals surface area contributed by atoms with E-state index in [1.807, 2.05) is 30.3 Å². The number of aryl methyl sites for hydroxylation is 1. The molecule has 1 saturated carbocycles. The number of rotatable bonds is 5. The number of aliphatic hydroxyl groups is 2. The molecule has 6 heteroatoms. The second kappa shape index (κ2) is 5.82. The highest BCUT2D eigenvalue weighted by molar-refractivity contribution is 6.48. The van der Waals surface area contributed by atoms with Crippen LogP contribution in [0.4, 0.5) is 0 Å². The highest BCUT2D eigenvalue weighted by atomic mass is 16.3. The van der Waals surface area contributed by atoms with Gasteiger partial charge in [0.15, 0.2) is 0 Å². The van der Waals surface area contributed by atoms with Crippen LogP contribution in [0.5, 0.6) is 0 Å². The Kier molecular flexibility index (Phi) is 3.87. The van der Waals surface area contributed by atoms with Crippen molar-refractivity contribution in [3.63, 3.8) is 0 Å². The Hall–Kier alpha value is -2.31. The average Bonchev–Trinajstić information content (AvgIpc) is 3.02. The number of aromatic amines is 1. The van der Waals surface area contributed by atoms with E-state index >= 15 is 0 Å². The van der Waals surface area contributed by atoms with Gasteiger partial charge < -0.3 is 10.2 Å². The largest absolute Gasteiger partial charge is 0.387 e. The van der Waals surface area contributed by atoms with E-state index in [-0.39, 0.29) is 0 Å². The Morgan fingerprint density at radius 1 is 1.18 bits per heavy atom. The van der Waals surface area contributed by atoms with Gasteiger partial charge in [-0.15, -0.1) is 0 Å². The second-order valence-electron chi connectivity index (χ2n) is 5.43. The molecule has 0 radical (unpaired) electrons. The molecule has 0 amide bonds. The number of benzene rings is 1. The Morgan fingerprint density at radius 2 is 1.91 bits per heavy atom. The van der Waals surface area contributed by atoms with Crippen LogP contribution in [0.25, 0.3) is 0 Å². The molecule has 3 rings (SSSR count). The highest BCUT2D eigenvalue weighted by Crippen LogP contribution is 2.35. The van der Waals surface area contributed by atoms with Gasteiger partial charge in [-0.25, -0.2) is 0 Å². The fourth-order valence-electron chi connectivity index (χ4n) is 2.72. The molecule has 1 aliphatic carbocycles. The molecule has 1 aliphatic rings. The summed E-state index contributed by atoms with van der Waals surface area (Å²) in [7, 11) is 0. The Balaban J connectivity index is 1.72. The van der Waals surface area contributed by atoms with Crippen molar-refractivity contribution in [3.05, 3.63) is 53.3 Å². The van der Waals surface area contributed by atoms with Crippen LogP contribution >= 0.6 is 0 Å². The number of ketones is 2. The van der Waals surface area contributed by atoms with Crippen molar-refractivity contribution in [3.8, 4) is 0 Å². The molecule has 0 saturated heterocycles. The lowest BCUT2D eigenvalue weighted by atomic mass is 9.74. The smallest absolute Gasteiger partial charge is 0.228 e. The van der Waals surface area contributed by atoms with Gasteiger partial charge in [-0.1, -0.05) is 30.3 Å².